The minimum absolute atomic E-state index is 0.0628. The van der Waals surface area contributed by atoms with Crippen LogP contribution in [0, 0.1) is 6.92 Å². The second-order valence-electron chi connectivity index (χ2n) is 5.00. The number of piperidine rings is 1. The van der Waals surface area contributed by atoms with Crippen molar-refractivity contribution in [2.45, 2.75) is 45.3 Å². The summed E-state index contributed by atoms with van der Waals surface area (Å²) in [5, 5.41) is 16.0. The highest BCUT2D eigenvalue weighted by Gasteiger charge is 2.28. The highest BCUT2D eigenvalue weighted by atomic mass is 16.5. The summed E-state index contributed by atoms with van der Waals surface area (Å²) in [4.78, 5) is 14.4. The number of hydrogen-bond donors (Lipinski definition) is 2. The number of aryl methyl sites for hydroxylation is 1. The Balaban J connectivity index is 1.95. The lowest BCUT2D eigenvalue weighted by Gasteiger charge is -2.34. The van der Waals surface area contributed by atoms with Crippen molar-refractivity contribution in [3.8, 4) is 0 Å². The third kappa shape index (κ3) is 3.54. The molecule has 0 radical (unpaired) electrons. The van der Waals surface area contributed by atoms with Crippen molar-refractivity contribution in [3.63, 3.8) is 0 Å². The van der Waals surface area contributed by atoms with Crippen LogP contribution in [0.1, 0.15) is 31.9 Å². The van der Waals surface area contributed by atoms with Crippen molar-refractivity contribution in [2.75, 3.05) is 18.4 Å². The molecule has 1 amide bonds. The second-order valence-corrected chi connectivity index (χ2v) is 5.00. The number of nitrogens with one attached hydrogen (secondary N) is 1. The van der Waals surface area contributed by atoms with E-state index in [0.717, 1.165) is 32.4 Å². The molecule has 0 unspecified atom stereocenters. The van der Waals surface area contributed by atoms with Gasteiger partial charge in [-0.05, 0) is 26.2 Å². The van der Waals surface area contributed by atoms with Crippen molar-refractivity contribution < 1.29 is 14.4 Å². The molecule has 1 aliphatic heterocycles. The quantitative estimate of drug-likeness (QED) is 0.855. The van der Waals surface area contributed by atoms with E-state index in [2.05, 4.69) is 15.4 Å². The molecule has 1 saturated heterocycles. The molecule has 106 valence electrons. The number of aromatic nitrogens is 1. The molecule has 1 aliphatic rings. The van der Waals surface area contributed by atoms with E-state index in [-0.39, 0.29) is 18.1 Å². The highest BCUT2D eigenvalue weighted by Crippen LogP contribution is 2.16. The second kappa shape index (κ2) is 6.16. The van der Waals surface area contributed by atoms with Gasteiger partial charge in [-0.25, -0.2) is 0 Å². The summed E-state index contributed by atoms with van der Waals surface area (Å²) in [5.41, 5.74) is 0. The van der Waals surface area contributed by atoms with Gasteiger partial charge in [0.2, 0.25) is 5.91 Å². The summed E-state index contributed by atoms with van der Waals surface area (Å²) in [5.74, 6) is 1.06. The van der Waals surface area contributed by atoms with Crippen LogP contribution in [0.5, 0.6) is 0 Å². The molecule has 1 aromatic rings. The van der Waals surface area contributed by atoms with Gasteiger partial charge in [-0.3, -0.25) is 9.69 Å². The average molecular weight is 267 g/mol. The normalized spacial score (nSPS) is 19.3. The molecule has 0 bridgehead atoms. The van der Waals surface area contributed by atoms with E-state index < -0.39 is 0 Å². The Morgan fingerprint density at radius 2 is 2.32 bits per heavy atom. The monoisotopic (exact) mass is 267 g/mol. The number of hydrogen-bond acceptors (Lipinski definition) is 5. The molecule has 1 aromatic heterocycles. The predicted molar refractivity (Wildman–Crippen MR) is 70.8 cm³/mol. The SMILES string of the molecule is CC[C@H](C(=O)Nc1cc(C)on1)N1CCC(O)CC1. The molecule has 0 aliphatic carbocycles. The standard InChI is InChI=1S/C13H21N3O3/c1-3-11(16-6-4-10(17)5-7-16)13(18)14-12-8-9(2)19-15-12/h8,10-11,17H,3-7H2,1-2H3,(H,14,15,18)/t11-/m1/s1. The van der Waals surface area contributed by atoms with Gasteiger partial charge in [0.1, 0.15) is 5.76 Å². The molecule has 2 N–H and O–H groups in total. The molecule has 0 aromatic carbocycles. The Hall–Kier alpha value is -1.40. The van der Waals surface area contributed by atoms with Crippen molar-refractivity contribution >= 4 is 11.7 Å². The fraction of sp³-hybridized carbons (Fsp3) is 0.692. The third-order valence-corrected chi connectivity index (χ3v) is 3.51. The molecule has 1 fully saturated rings. The van der Waals surface area contributed by atoms with Crippen LogP contribution >= 0.6 is 0 Å². The molecule has 2 rings (SSSR count). The van der Waals surface area contributed by atoms with Crippen molar-refractivity contribution in [1.29, 1.82) is 0 Å². The van der Waals surface area contributed by atoms with Crippen LogP contribution in [0.15, 0.2) is 10.6 Å². The molecular weight excluding hydrogens is 246 g/mol. The number of rotatable bonds is 4. The minimum Gasteiger partial charge on any atom is -0.393 e. The molecule has 0 saturated carbocycles. The first-order valence-electron chi connectivity index (χ1n) is 6.76. The van der Waals surface area contributed by atoms with Gasteiger partial charge in [-0.15, -0.1) is 0 Å². The summed E-state index contributed by atoms with van der Waals surface area (Å²) in [6, 6.07) is 1.52. The maximum Gasteiger partial charge on any atom is 0.242 e. The summed E-state index contributed by atoms with van der Waals surface area (Å²) >= 11 is 0. The lowest BCUT2D eigenvalue weighted by molar-refractivity contribution is -0.122. The van der Waals surface area contributed by atoms with Gasteiger partial charge in [0.25, 0.3) is 0 Å². The fourth-order valence-electron chi connectivity index (χ4n) is 2.44. The van der Waals surface area contributed by atoms with Crippen LogP contribution < -0.4 is 5.32 Å². The van der Waals surface area contributed by atoms with E-state index in [1.165, 1.54) is 0 Å². The van der Waals surface area contributed by atoms with Crippen molar-refractivity contribution in [1.82, 2.24) is 10.1 Å². The first-order chi connectivity index (χ1) is 9.10. The number of aliphatic hydroxyl groups excluding tert-OH is 1. The molecule has 2 heterocycles. The van der Waals surface area contributed by atoms with Crippen LogP contribution in [-0.4, -0.2) is 46.3 Å². The zero-order chi connectivity index (χ0) is 13.8. The van der Waals surface area contributed by atoms with Crippen LogP contribution in [0.2, 0.25) is 0 Å². The highest BCUT2D eigenvalue weighted by molar-refractivity contribution is 5.93. The topological polar surface area (TPSA) is 78.6 Å². The summed E-state index contributed by atoms with van der Waals surface area (Å²) in [7, 11) is 0. The number of nitrogens with zero attached hydrogens (tertiary/aromatic N) is 2. The van der Waals surface area contributed by atoms with E-state index in [9.17, 15) is 9.90 Å². The average Bonchev–Trinajstić information content (AvgIpc) is 2.78. The molecule has 6 heteroatoms. The molecule has 0 spiro atoms. The molecule has 6 nitrogen and oxygen atoms in total. The Kier molecular flexibility index (Phi) is 4.55. The van der Waals surface area contributed by atoms with E-state index in [4.69, 9.17) is 4.52 Å². The number of likely N-dealkylation sites (tertiary alicyclic amines) is 1. The lowest BCUT2D eigenvalue weighted by Crippen LogP contribution is -2.48. The van der Waals surface area contributed by atoms with Gasteiger partial charge in [0.05, 0.1) is 12.1 Å². The van der Waals surface area contributed by atoms with Gasteiger partial charge in [0.15, 0.2) is 5.82 Å². The van der Waals surface area contributed by atoms with Gasteiger partial charge < -0.3 is 14.9 Å². The van der Waals surface area contributed by atoms with Gasteiger partial charge in [0, 0.05) is 19.2 Å². The first kappa shape index (κ1) is 14.0. The molecular formula is C13H21N3O3. The minimum atomic E-state index is -0.227. The van der Waals surface area contributed by atoms with E-state index >= 15 is 0 Å². The first-order valence-corrected chi connectivity index (χ1v) is 6.76. The molecule has 19 heavy (non-hydrogen) atoms. The summed E-state index contributed by atoms with van der Waals surface area (Å²) < 4.78 is 4.93. The Morgan fingerprint density at radius 3 is 2.84 bits per heavy atom. The van der Waals surface area contributed by atoms with Gasteiger partial charge in [-0.1, -0.05) is 12.1 Å². The maximum absolute atomic E-state index is 12.2. The van der Waals surface area contributed by atoms with E-state index in [0.29, 0.717) is 11.6 Å². The zero-order valence-electron chi connectivity index (χ0n) is 11.4. The Bertz CT molecular complexity index is 425. The van der Waals surface area contributed by atoms with Crippen molar-refractivity contribution in [2.24, 2.45) is 0 Å². The number of carbonyl (C=O) groups excluding carboxylic acids is 1. The number of amides is 1. The lowest BCUT2D eigenvalue weighted by atomic mass is 10.0. The largest absolute Gasteiger partial charge is 0.393 e. The summed E-state index contributed by atoms with van der Waals surface area (Å²) in [6.07, 6.45) is 1.97. The number of anilines is 1. The zero-order valence-corrected chi connectivity index (χ0v) is 11.4. The van der Waals surface area contributed by atoms with Crippen LogP contribution in [0.25, 0.3) is 0 Å². The van der Waals surface area contributed by atoms with E-state index in [1.807, 2.05) is 6.92 Å². The third-order valence-electron chi connectivity index (χ3n) is 3.51. The maximum atomic E-state index is 12.2. The number of aliphatic hydroxyl groups is 1. The van der Waals surface area contributed by atoms with Crippen LogP contribution in [-0.2, 0) is 4.79 Å². The smallest absolute Gasteiger partial charge is 0.242 e. The van der Waals surface area contributed by atoms with Crippen LogP contribution in [0.4, 0.5) is 5.82 Å². The summed E-state index contributed by atoms with van der Waals surface area (Å²) in [6.45, 7) is 5.28. The molecule has 1 atom stereocenters. The van der Waals surface area contributed by atoms with Gasteiger partial charge >= 0.3 is 0 Å². The predicted octanol–water partition coefficient (Wildman–Crippen LogP) is 1.16. The Morgan fingerprint density at radius 1 is 1.63 bits per heavy atom. The van der Waals surface area contributed by atoms with Crippen molar-refractivity contribution in [3.05, 3.63) is 11.8 Å². The number of carbonyl (C=O) groups is 1. The van der Waals surface area contributed by atoms with Gasteiger partial charge in [-0.2, -0.15) is 0 Å². The fourth-order valence-corrected chi connectivity index (χ4v) is 2.44. The van der Waals surface area contributed by atoms with E-state index in [1.54, 1.807) is 13.0 Å². The Labute approximate surface area is 112 Å². The van der Waals surface area contributed by atoms with Crippen LogP contribution in [0.3, 0.4) is 0 Å².